The van der Waals surface area contributed by atoms with Crippen LogP contribution >= 0.6 is 0 Å². The summed E-state index contributed by atoms with van der Waals surface area (Å²) in [5, 5.41) is 0. The average Bonchev–Trinajstić information content (AvgIpc) is 2.43. The van der Waals surface area contributed by atoms with Crippen LogP contribution in [0.4, 0.5) is 0 Å². The van der Waals surface area contributed by atoms with Crippen LogP contribution in [0.1, 0.15) is 48.8 Å². The molecule has 1 saturated carbocycles. The van der Waals surface area contributed by atoms with E-state index in [0.717, 1.165) is 12.0 Å². The van der Waals surface area contributed by atoms with E-state index in [1.54, 1.807) is 11.1 Å². The van der Waals surface area contributed by atoms with E-state index < -0.39 is 0 Å². The predicted octanol–water partition coefficient (Wildman–Crippen LogP) is 3.68. The summed E-state index contributed by atoms with van der Waals surface area (Å²) in [5.41, 5.74) is 5.38. The molecule has 1 saturated heterocycles. The molecule has 1 aliphatic heterocycles. The maximum atomic E-state index is 2.65. The molecule has 0 spiro atoms. The van der Waals surface area contributed by atoms with Gasteiger partial charge in [-0.05, 0) is 63.2 Å². The molecule has 3 atom stereocenters. The molecule has 2 aliphatic carbocycles. The summed E-state index contributed by atoms with van der Waals surface area (Å²) in [6.45, 7) is 3.56. The Labute approximate surface area is 117 Å². The number of nitrogens with zero attached hydrogens (tertiary/aromatic N) is 1. The zero-order valence-electron chi connectivity index (χ0n) is 12.3. The lowest BCUT2D eigenvalue weighted by Crippen LogP contribution is -2.59. The van der Waals surface area contributed by atoms with Gasteiger partial charge in [-0.3, -0.25) is 0 Å². The van der Waals surface area contributed by atoms with Gasteiger partial charge in [-0.15, -0.1) is 0 Å². The van der Waals surface area contributed by atoms with Crippen molar-refractivity contribution < 1.29 is 0 Å². The maximum Gasteiger partial charge on any atom is 0.0169 e. The van der Waals surface area contributed by atoms with E-state index in [1.165, 1.54) is 50.6 Å². The quantitative estimate of drug-likeness (QED) is 0.683. The molecule has 0 unspecified atom stereocenters. The summed E-state index contributed by atoms with van der Waals surface area (Å²) >= 11 is 0. The predicted molar refractivity (Wildman–Crippen MR) is 79.6 cm³/mol. The van der Waals surface area contributed by atoms with Crippen LogP contribution in [-0.2, 0) is 11.8 Å². The Bertz CT molecular complexity index is 506. The number of fused-ring (bicyclic) bond motifs is 1. The minimum absolute atomic E-state index is 0.537. The third-order valence-corrected chi connectivity index (χ3v) is 6.27. The first-order valence-electron chi connectivity index (χ1n) is 8.01. The molecular weight excluding hydrogens is 230 g/mol. The smallest absolute Gasteiger partial charge is 0.0169 e. The molecule has 0 aromatic heterocycles. The van der Waals surface area contributed by atoms with Crippen molar-refractivity contribution in [1.82, 2.24) is 4.90 Å². The number of hydrogen-bond acceptors (Lipinski definition) is 1. The molecule has 0 radical (unpaired) electrons. The Hall–Kier alpha value is -0.820. The van der Waals surface area contributed by atoms with Crippen LogP contribution in [0.2, 0.25) is 0 Å². The zero-order valence-corrected chi connectivity index (χ0v) is 12.3. The van der Waals surface area contributed by atoms with E-state index in [9.17, 15) is 0 Å². The number of likely N-dealkylation sites (N-methyl/N-ethyl adjacent to an activating group) is 1. The monoisotopic (exact) mass is 255 g/mol. The summed E-state index contributed by atoms with van der Waals surface area (Å²) in [7, 11) is 2.35. The first kappa shape index (κ1) is 12.0. The average molecular weight is 255 g/mol. The molecule has 4 rings (SSSR count). The Kier molecular flexibility index (Phi) is 2.57. The lowest BCUT2D eigenvalue weighted by molar-refractivity contribution is 0.00283. The first-order chi connectivity index (χ1) is 9.21. The second kappa shape index (κ2) is 4.09. The third kappa shape index (κ3) is 1.57. The fourth-order valence-electron chi connectivity index (χ4n) is 5.31. The second-order valence-corrected chi connectivity index (χ2v) is 7.17. The van der Waals surface area contributed by atoms with Crippen LogP contribution in [0.25, 0.3) is 0 Å². The van der Waals surface area contributed by atoms with Crippen molar-refractivity contribution in [3.8, 4) is 0 Å². The molecule has 1 heterocycles. The first-order valence-corrected chi connectivity index (χ1v) is 8.01. The molecule has 102 valence electrons. The zero-order chi connectivity index (χ0) is 13.0. The van der Waals surface area contributed by atoms with E-state index >= 15 is 0 Å². The van der Waals surface area contributed by atoms with Gasteiger partial charge in [0.1, 0.15) is 0 Å². The number of aryl methyl sites for hydroxylation is 1. The minimum atomic E-state index is 0.537. The summed E-state index contributed by atoms with van der Waals surface area (Å²) < 4.78 is 0. The van der Waals surface area contributed by atoms with Crippen LogP contribution in [0, 0.1) is 12.8 Å². The summed E-state index contributed by atoms with van der Waals surface area (Å²) in [6, 6.07) is 8.07. The highest BCUT2D eigenvalue weighted by molar-refractivity contribution is 5.43. The van der Waals surface area contributed by atoms with Gasteiger partial charge in [-0.25, -0.2) is 0 Å². The van der Waals surface area contributed by atoms with Crippen molar-refractivity contribution in [1.29, 1.82) is 0 Å². The van der Waals surface area contributed by atoms with Crippen LogP contribution in [-0.4, -0.2) is 24.5 Å². The highest BCUT2D eigenvalue weighted by Gasteiger charge is 2.52. The summed E-state index contributed by atoms with van der Waals surface area (Å²) in [6.07, 6.45) is 8.48. The van der Waals surface area contributed by atoms with Gasteiger partial charge in [0.15, 0.2) is 0 Å². The van der Waals surface area contributed by atoms with Gasteiger partial charge in [-0.2, -0.15) is 0 Å². The van der Waals surface area contributed by atoms with Crippen molar-refractivity contribution in [3.05, 3.63) is 34.9 Å². The molecule has 1 heteroatoms. The van der Waals surface area contributed by atoms with Gasteiger partial charge in [0.05, 0.1) is 0 Å². The molecule has 1 nitrogen and oxygen atoms in total. The lowest BCUT2D eigenvalue weighted by Gasteiger charge is -2.58. The number of rotatable bonds is 0. The van der Waals surface area contributed by atoms with E-state index in [1.807, 2.05) is 0 Å². The molecule has 2 bridgehead atoms. The Balaban J connectivity index is 1.90. The number of benzene rings is 1. The van der Waals surface area contributed by atoms with E-state index in [0.29, 0.717) is 5.41 Å². The second-order valence-electron chi connectivity index (χ2n) is 7.17. The molecule has 0 N–H and O–H groups in total. The Morgan fingerprint density at radius 3 is 3.00 bits per heavy atom. The van der Waals surface area contributed by atoms with Gasteiger partial charge < -0.3 is 4.90 Å². The molecular formula is C18H25N. The van der Waals surface area contributed by atoms with Crippen LogP contribution in [0.3, 0.4) is 0 Å². The number of hydrogen-bond donors (Lipinski definition) is 0. The Morgan fingerprint density at radius 1 is 1.21 bits per heavy atom. The Morgan fingerprint density at radius 2 is 2.11 bits per heavy atom. The fourth-order valence-corrected chi connectivity index (χ4v) is 5.31. The van der Waals surface area contributed by atoms with Gasteiger partial charge in [0.2, 0.25) is 0 Å². The van der Waals surface area contributed by atoms with Gasteiger partial charge in [-0.1, -0.05) is 36.6 Å². The highest BCUT2D eigenvalue weighted by atomic mass is 15.1. The molecule has 2 fully saturated rings. The van der Waals surface area contributed by atoms with Crippen LogP contribution in [0.5, 0.6) is 0 Å². The van der Waals surface area contributed by atoms with Crippen molar-refractivity contribution in [2.45, 2.75) is 56.9 Å². The SMILES string of the molecule is Cc1ccc2c(c1)[C@@]13CCCC[C@H]1[C@H](C2)N(C)CC3. The van der Waals surface area contributed by atoms with Crippen LogP contribution < -0.4 is 0 Å². The molecule has 19 heavy (non-hydrogen) atoms. The third-order valence-electron chi connectivity index (χ3n) is 6.27. The molecule has 1 aromatic rings. The van der Waals surface area contributed by atoms with E-state index in [-0.39, 0.29) is 0 Å². The minimum Gasteiger partial charge on any atom is -0.303 e. The van der Waals surface area contributed by atoms with Crippen molar-refractivity contribution in [2.24, 2.45) is 5.92 Å². The number of piperidine rings is 1. The fraction of sp³-hybridized carbons (Fsp3) is 0.667. The van der Waals surface area contributed by atoms with E-state index in [2.05, 4.69) is 37.1 Å². The number of likely N-dealkylation sites (tertiary alicyclic amines) is 1. The van der Waals surface area contributed by atoms with Crippen molar-refractivity contribution >= 4 is 0 Å². The van der Waals surface area contributed by atoms with Crippen molar-refractivity contribution in [2.75, 3.05) is 13.6 Å². The summed E-state index contributed by atoms with van der Waals surface area (Å²) in [5.74, 6) is 0.925. The van der Waals surface area contributed by atoms with Crippen LogP contribution in [0.15, 0.2) is 18.2 Å². The topological polar surface area (TPSA) is 3.24 Å². The lowest BCUT2D eigenvalue weighted by atomic mass is 9.52. The maximum absolute atomic E-state index is 2.65. The van der Waals surface area contributed by atoms with Crippen molar-refractivity contribution in [3.63, 3.8) is 0 Å². The van der Waals surface area contributed by atoms with E-state index in [4.69, 9.17) is 0 Å². The summed E-state index contributed by atoms with van der Waals surface area (Å²) in [4.78, 5) is 2.65. The molecule has 1 aromatic carbocycles. The van der Waals surface area contributed by atoms with Gasteiger partial charge in [0.25, 0.3) is 0 Å². The van der Waals surface area contributed by atoms with Gasteiger partial charge in [0, 0.05) is 11.5 Å². The van der Waals surface area contributed by atoms with Gasteiger partial charge >= 0.3 is 0 Å². The normalized spacial score (nSPS) is 37.6. The molecule has 3 aliphatic rings. The highest BCUT2D eigenvalue weighted by Crippen LogP contribution is 2.55. The molecule has 0 amide bonds. The standard InChI is InChI=1S/C18H25N/c1-13-6-7-14-12-17-15-5-3-4-8-18(15,16(14)11-13)9-10-19(17)2/h6-7,11,15,17H,3-5,8-10,12H2,1-2H3/t15-,17-,18+/m0/s1. The largest absolute Gasteiger partial charge is 0.303 e.